The Hall–Kier alpha value is -0.410. The van der Waals surface area contributed by atoms with Gasteiger partial charge in [0.2, 0.25) is 0 Å². The predicted octanol–water partition coefficient (Wildman–Crippen LogP) is 0.565. The lowest BCUT2D eigenvalue weighted by Gasteiger charge is -2.12. The number of fused-ring (bicyclic) bond motifs is 1. The van der Waals surface area contributed by atoms with Crippen LogP contribution >= 0.6 is 0 Å². The molecule has 3 nitrogen and oxygen atoms in total. The third-order valence-electron chi connectivity index (χ3n) is 3.20. The predicted molar refractivity (Wildman–Crippen MR) is 42.3 cm³/mol. The molecule has 1 heterocycles. The van der Waals surface area contributed by atoms with Gasteiger partial charge in [-0.3, -0.25) is 0 Å². The lowest BCUT2D eigenvalue weighted by atomic mass is 9.90. The topological polar surface area (TPSA) is 46.5 Å². The molecule has 1 aliphatic heterocycles. The van der Waals surface area contributed by atoms with Gasteiger partial charge in [0.1, 0.15) is 6.29 Å². The van der Waals surface area contributed by atoms with Crippen LogP contribution in [-0.2, 0) is 9.53 Å². The van der Waals surface area contributed by atoms with Gasteiger partial charge in [-0.2, -0.15) is 0 Å². The van der Waals surface area contributed by atoms with Gasteiger partial charge in [-0.25, -0.2) is 0 Å². The van der Waals surface area contributed by atoms with Crippen molar-refractivity contribution in [3.05, 3.63) is 0 Å². The Labute approximate surface area is 71.7 Å². The molecule has 0 aromatic carbocycles. The van der Waals surface area contributed by atoms with Crippen molar-refractivity contribution in [3.8, 4) is 0 Å². The summed E-state index contributed by atoms with van der Waals surface area (Å²) in [5, 5.41) is 9.20. The van der Waals surface area contributed by atoms with Crippen LogP contribution in [0.5, 0.6) is 0 Å². The zero-order valence-electron chi connectivity index (χ0n) is 7.14. The fourth-order valence-electron chi connectivity index (χ4n) is 2.56. The molecule has 1 unspecified atom stereocenters. The number of rotatable bonds is 1. The molecule has 2 rings (SSSR count). The molecule has 1 N–H and O–H groups in total. The lowest BCUT2D eigenvalue weighted by molar-refractivity contribution is -0.113. The smallest absolute Gasteiger partial charge is 0.155 e. The van der Waals surface area contributed by atoms with Crippen LogP contribution in [0.1, 0.15) is 19.8 Å². The first-order chi connectivity index (χ1) is 5.72. The van der Waals surface area contributed by atoms with Crippen molar-refractivity contribution in [2.24, 2.45) is 17.8 Å². The van der Waals surface area contributed by atoms with Crippen molar-refractivity contribution in [2.45, 2.75) is 32.2 Å². The van der Waals surface area contributed by atoms with E-state index in [-0.39, 0.29) is 17.9 Å². The monoisotopic (exact) mass is 170 g/mol. The molecule has 0 spiro atoms. The standard InChI is InChI=1S/C9H14O3/c1-5-2-8-6(7(5)4-10)3-9(11)12-8/h4-9,11H,2-3H2,1H3/t5?,6-,7+,8+,9-/m1/s1. The molecule has 2 fully saturated rings. The van der Waals surface area contributed by atoms with Gasteiger partial charge in [-0.1, -0.05) is 6.92 Å². The molecule has 1 aliphatic carbocycles. The molecule has 0 bridgehead atoms. The summed E-state index contributed by atoms with van der Waals surface area (Å²) in [7, 11) is 0. The minimum atomic E-state index is -0.630. The van der Waals surface area contributed by atoms with Gasteiger partial charge >= 0.3 is 0 Å². The van der Waals surface area contributed by atoms with E-state index in [1.54, 1.807) is 0 Å². The molecule has 3 heteroatoms. The van der Waals surface area contributed by atoms with Crippen molar-refractivity contribution in [2.75, 3.05) is 0 Å². The molecule has 68 valence electrons. The fraction of sp³-hybridized carbons (Fsp3) is 0.889. The van der Waals surface area contributed by atoms with E-state index >= 15 is 0 Å². The summed E-state index contributed by atoms with van der Waals surface area (Å²) >= 11 is 0. The molecule has 0 aromatic rings. The Morgan fingerprint density at radius 2 is 2.25 bits per heavy atom. The fourth-order valence-corrected chi connectivity index (χ4v) is 2.56. The summed E-state index contributed by atoms with van der Waals surface area (Å²) in [5.74, 6) is 0.796. The van der Waals surface area contributed by atoms with E-state index in [4.69, 9.17) is 4.74 Å². The number of aliphatic hydroxyl groups excluding tert-OH is 1. The van der Waals surface area contributed by atoms with Gasteiger partial charge in [0.15, 0.2) is 6.29 Å². The first-order valence-electron chi connectivity index (χ1n) is 4.51. The maximum absolute atomic E-state index is 10.7. The van der Waals surface area contributed by atoms with E-state index in [2.05, 4.69) is 6.92 Å². The van der Waals surface area contributed by atoms with Gasteiger partial charge in [-0.15, -0.1) is 0 Å². The van der Waals surface area contributed by atoms with Gasteiger partial charge in [0.05, 0.1) is 6.10 Å². The van der Waals surface area contributed by atoms with Crippen molar-refractivity contribution >= 4 is 6.29 Å². The first-order valence-corrected chi connectivity index (χ1v) is 4.51. The summed E-state index contributed by atoms with van der Waals surface area (Å²) in [6.07, 6.45) is 2.08. The summed E-state index contributed by atoms with van der Waals surface area (Å²) in [4.78, 5) is 10.7. The van der Waals surface area contributed by atoms with Gasteiger partial charge in [-0.05, 0) is 18.3 Å². The molecular weight excluding hydrogens is 156 g/mol. The Kier molecular flexibility index (Phi) is 1.93. The number of carbonyl (C=O) groups is 1. The summed E-state index contributed by atoms with van der Waals surface area (Å²) < 4.78 is 5.28. The minimum absolute atomic E-state index is 0.104. The normalized spacial score (nSPS) is 52.3. The summed E-state index contributed by atoms with van der Waals surface area (Å²) in [5.41, 5.74) is 0. The van der Waals surface area contributed by atoms with Crippen molar-refractivity contribution in [3.63, 3.8) is 0 Å². The number of ether oxygens (including phenoxy) is 1. The van der Waals surface area contributed by atoms with E-state index in [1.807, 2.05) is 0 Å². The molecule has 0 aromatic heterocycles. The van der Waals surface area contributed by atoms with Crippen LogP contribution in [0.2, 0.25) is 0 Å². The van der Waals surface area contributed by atoms with Crippen molar-refractivity contribution in [1.29, 1.82) is 0 Å². The largest absolute Gasteiger partial charge is 0.368 e. The Morgan fingerprint density at radius 1 is 1.50 bits per heavy atom. The highest BCUT2D eigenvalue weighted by Crippen LogP contribution is 2.44. The average molecular weight is 170 g/mol. The van der Waals surface area contributed by atoms with E-state index in [9.17, 15) is 9.90 Å². The molecule has 0 amide bonds. The van der Waals surface area contributed by atoms with E-state index in [1.165, 1.54) is 0 Å². The molecule has 0 radical (unpaired) electrons. The van der Waals surface area contributed by atoms with Crippen LogP contribution in [0.3, 0.4) is 0 Å². The lowest BCUT2D eigenvalue weighted by Crippen LogP contribution is -2.16. The van der Waals surface area contributed by atoms with Gasteiger partial charge < -0.3 is 14.6 Å². The highest BCUT2D eigenvalue weighted by molar-refractivity contribution is 5.55. The van der Waals surface area contributed by atoms with E-state index < -0.39 is 6.29 Å². The third-order valence-corrected chi connectivity index (χ3v) is 3.20. The molecule has 5 atom stereocenters. The molecule has 1 saturated carbocycles. The van der Waals surface area contributed by atoms with Crippen LogP contribution in [0.25, 0.3) is 0 Å². The highest BCUT2D eigenvalue weighted by atomic mass is 16.6. The second-order valence-corrected chi connectivity index (χ2v) is 3.96. The third kappa shape index (κ3) is 1.08. The van der Waals surface area contributed by atoms with Crippen LogP contribution < -0.4 is 0 Å². The quantitative estimate of drug-likeness (QED) is 0.585. The second-order valence-electron chi connectivity index (χ2n) is 3.96. The van der Waals surface area contributed by atoms with E-state index in [0.717, 1.165) is 12.7 Å². The zero-order chi connectivity index (χ0) is 8.72. The Morgan fingerprint density at radius 3 is 2.92 bits per heavy atom. The second kappa shape index (κ2) is 2.82. The summed E-state index contributed by atoms with van der Waals surface area (Å²) in [6, 6.07) is 0. The van der Waals surface area contributed by atoms with Gasteiger partial charge in [0, 0.05) is 12.3 Å². The minimum Gasteiger partial charge on any atom is -0.368 e. The van der Waals surface area contributed by atoms with Crippen LogP contribution in [-0.4, -0.2) is 23.8 Å². The highest BCUT2D eigenvalue weighted by Gasteiger charge is 2.47. The number of carbonyl (C=O) groups excluding carboxylic acids is 1. The van der Waals surface area contributed by atoms with E-state index in [0.29, 0.717) is 12.3 Å². The number of hydrogen-bond acceptors (Lipinski definition) is 3. The van der Waals surface area contributed by atoms with Crippen LogP contribution in [0.15, 0.2) is 0 Å². The van der Waals surface area contributed by atoms with Gasteiger partial charge in [0.25, 0.3) is 0 Å². The molecule has 2 aliphatic rings. The number of hydrogen-bond donors (Lipinski definition) is 1. The maximum Gasteiger partial charge on any atom is 0.155 e. The number of aldehydes is 1. The number of aliphatic hydroxyl groups is 1. The van der Waals surface area contributed by atoms with Crippen LogP contribution in [0, 0.1) is 17.8 Å². The molecule has 1 saturated heterocycles. The van der Waals surface area contributed by atoms with Crippen LogP contribution in [0.4, 0.5) is 0 Å². The zero-order valence-corrected chi connectivity index (χ0v) is 7.14. The SMILES string of the molecule is CC1C[C@@H]2O[C@@H](O)C[C@@H]2[C@H]1C=O. The summed E-state index contributed by atoms with van der Waals surface area (Å²) in [6.45, 7) is 2.08. The maximum atomic E-state index is 10.7. The first kappa shape index (κ1) is 8.20. The Bertz CT molecular complexity index is 192. The van der Waals surface area contributed by atoms with Crippen molar-refractivity contribution in [1.82, 2.24) is 0 Å². The average Bonchev–Trinajstić information content (AvgIpc) is 2.43. The Balaban J connectivity index is 2.11. The van der Waals surface area contributed by atoms with Crippen molar-refractivity contribution < 1.29 is 14.6 Å². The molecular formula is C9H14O3. The molecule has 12 heavy (non-hydrogen) atoms.